The number of aromatic nitrogens is 3. The molecule has 0 amide bonds. The highest BCUT2D eigenvalue weighted by Gasteiger charge is 2.02. The SMILES string of the molecule is Cn1cnnc1SC=CC(=O)c1ccc(Cl)cc1. The fourth-order valence-electron chi connectivity index (χ4n) is 1.25. The molecule has 4 nitrogen and oxygen atoms in total. The Kier molecular flexibility index (Phi) is 4.17. The fraction of sp³-hybridized carbons (Fsp3) is 0.0833. The van der Waals surface area contributed by atoms with Crippen molar-refractivity contribution in [2.45, 2.75) is 5.16 Å². The first-order valence-electron chi connectivity index (χ1n) is 5.14. The second-order valence-electron chi connectivity index (χ2n) is 3.52. The van der Waals surface area contributed by atoms with Crippen molar-refractivity contribution in [1.82, 2.24) is 14.8 Å². The van der Waals surface area contributed by atoms with Gasteiger partial charge in [-0.1, -0.05) is 23.4 Å². The summed E-state index contributed by atoms with van der Waals surface area (Å²) < 4.78 is 1.78. The van der Waals surface area contributed by atoms with E-state index in [0.29, 0.717) is 10.6 Å². The van der Waals surface area contributed by atoms with Gasteiger partial charge in [-0.05, 0) is 35.7 Å². The van der Waals surface area contributed by atoms with Crippen LogP contribution in [0, 0.1) is 0 Å². The minimum Gasteiger partial charge on any atom is -0.312 e. The number of hydrogen-bond acceptors (Lipinski definition) is 4. The molecule has 0 N–H and O–H groups in total. The topological polar surface area (TPSA) is 47.8 Å². The van der Waals surface area contributed by atoms with E-state index >= 15 is 0 Å². The molecule has 0 spiro atoms. The minimum atomic E-state index is -0.0682. The lowest BCUT2D eigenvalue weighted by Crippen LogP contribution is -1.93. The van der Waals surface area contributed by atoms with Crippen molar-refractivity contribution in [2.75, 3.05) is 0 Å². The molecule has 0 aliphatic rings. The highest BCUT2D eigenvalue weighted by Crippen LogP contribution is 2.16. The summed E-state index contributed by atoms with van der Waals surface area (Å²) in [6.45, 7) is 0. The van der Waals surface area contributed by atoms with E-state index in [9.17, 15) is 4.79 Å². The predicted octanol–water partition coefficient (Wildman–Crippen LogP) is 2.96. The van der Waals surface area contributed by atoms with E-state index in [2.05, 4.69) is 10.2 Å². The summed E-state index contributed by atoms with van der Waals surface area (Å²) in [5.41, 5.74) is 0.606. The number of thioether (sulfide) groups is 1. The molecule has 0 radical (unpaired) electrons. The fourth-order valence-corrected chi connectivity index (χ4v) is 1.99. The van der Waals surface area contributed by atoms with Crippen LogP contribution in [-0.2, 0) is 7.05 Å². The first kappa shape index (κ1) is 12.9. The van der Waals surface area contributed by atoms with Crippen LogP contribution in [0.15, 0.2) is 47.2 Å². The van der Waals surface area contributed by atoms with Gasteiger partial charge < -0.3 is 4.57 Å². The van der Waals surface area contributed by atoms with Gasteiger partial charge in [-0.3, -0.25) is 4.79 Å². The normalized spacial score (nSPS) is 11.0. The average Bonchev–Trinajstić information content (AvgIpc) is 2.76. The van der Waals surface area contributed by atoms with Crippen molar-refractivity contribution < 1.29 is 4.79 Å². The van der Waals surface area contributed by atoms with Gasteiger partial charge in [0.15, 0.2) is 10.9 Å². The Morgan fingerprint density at radius 3 is 2.72 bits per heavy atom. The zero-order chi connectivity index (χ0) is 13.0. The number of rotatable bonds is 4. The zero-order valence-electron chi connectivity index (χ0n) is 9.58. The third kappa shape index (κ3) is 3.21. The largest absolute Gasteiger partial charge is 0.312 e. The molecule has 0 unspecified atom stereocenters. The molecule has 2 rings (SSSR count). The maximum atomic E-state index is 11.8. The molecule has 0 aliphatic carbocycles. The Morgan fingerprint density at radius 1 is 1.39 bits per heavy atom. The van der Waals surface area contributed by atoms with Gasteiger partial charge in [-0.2, -0.15) is 0 Å². The van der Waals surface area contributed by atoms with E-state index in [4.69, 9.17) is 11.6 Å². The van der Waals surface area contributed by atoms with E-state index in [1.807, 2.05) is 7.05 Å². The molecule has 0 fully saturated rings. The molecule has 92 valence electrons. The second kappa shape index (κ2) is 5.84. The monoisotopic (exact) mass is 279 g/mol. The van der Waals surface area contributed by atoms with Crippen LogP contribution in [0.2, 0.25) is 5.02 Å². The molecule has 0 aliphatic heterocycles. The van der Waals surface area contributed by atoms with E-state index in [-0.39, 0.29) is 5.78 Å². The van der Waals surface area contributed by atoms with E-state index in [1.54, 1.807) is 40.6 Å². The quantitative estimate of drug-likeness (QED) is 0.490. The smallest absolute Gasteiger partial charge is 0.194 e. The summed E-state index contributed by atoms with van der Waals surface area (Å²) in [5.74, 6) is -0.0682. The Labute approximate surface area is 114 Å². The Morgan fingerprint density at radius 2 is 2.11 bits per heavy atom. The van der Waals surface area contributed by atoms with Gasteiger partial charge in [0, 0.05) is 17.6 Å². The minimum absolute atomic E-state index is 0.0682. The van der Waals surface area contributed by atoms with Crippen LogP contribution in [0.3, 0.4) is 0 Å². The van der Waals surface area contributed by atoms with Crippen molar-refractivity contribution in [3.8, 4) is 0 Å². The lowest BCUT2D eigenvalue weighted by atomic mass is 10.1. The molecule has 1 aromatic heterocycles. The van der Waals surface area contributed by atoms with Crippen molar-refractivity contribution in [1.29, 1.82) is 0 Å². The van der Waals surface area contributed by atoms with Gasteiger partial charge in [0.1, 0.15) is 6.33 Å². The number of halogens is 1. The van der Waals surface area contributed by atoms with Gasteiger partial charge in [-0.15, -0.1) is 10.2 Å². The first-order valence-corrected chi connectivity index (χ1v) is 6.39. The van der Waals surface area contributed by atoms with Crippen molar-refractivity contribution in [3.63, 3.8) is 0 Å². The predicted molar refractivity (Wildman–Crippen MR) is 71.8 cm³/mol. The van der Waals surface area contributed by atoms with Gasteiger partial charge in [0.05, 0.1) is 0 Å². The number of ketones is 1. The number of allylic oxidation sites excluding steroid dienone is 1. The number of aryl methyl sites for hydroxylation is 1. The van der Waals surface area contributed by atoms with Crippen LogP contribution >= 0.6 is 23.4 Å². The van der Waals surface area contributed by atoms with E-state index < -0.39 is 0 Å². The van der Waals surface area contributed by atoms with E-state index in [0.717, 1.165) is 5.16 Å². The number of carbonyl (C=O) groups excluding carboxylic acids is 1. The Hall–Kier alpha value is -1.59. The van der Waals surface area contributed by atoms with Crippen LogP contribution in [-0.4, -0.2) is 20.5 Å². The molecule has 0 saturated carbocycles. The zero-order valence-corrected chi connectivity index (χ0v) is 11.1. The highest BCUT2D eigenvalue weighted by atomic mass is 35.5. The lowest BCUT2D eigenvalue weighted by Gasteiger charge is -1.96. The maximum Gasteiger partial charge on any atom is 0.194 e. The molecule has 0 bridgehead atoms. The van der Waals surface area contributed by atoms with Crippen molar-refractivity contribution >= 4 is 29.1 Å². The highest BCUT2D eigenvalue weighted by molar-refractivity contribution is 8.02. The van der Waals surface area contributed by atoms with Gasteiger partial charge >= 0.3 is 0 Å². The summed E-state index contributed by atoms with van der Waals surface area (Å²) in [6, 6.07) is 6.78. The summed E-state index contributed by atoms with van der Waals surface area (Å²) in [6.07, 6.45) is 3.11. The number of hydrogen-bond donors (Lipinski definition) is 0. The van der Waals surface area contributed by atoms with Gasteiger partial charge in [0.2, 0.25) is 0 Å². The number of carbonyl (C=O) groups is 1. The van der Waals surface area contributed by atoms with Gasteiger partial charge in [-0.25, -0.2) is 0 Å². The number of nitrogens with zero attached hydrogens (tertiary/aromatic N) is 3. The molecule has 1 aromatic carbocycles. The van der Waals surface area contributed by atoms with Crippen molar-refractivity contribution in [2.24, 2.45) is 7.05 Å². The average molecular weight is 280 g/mol. The van der Waals surface area contributed by atoms with Crippen LogP contribution in [0.25, 0.3) is 0 Å². The first-order chi connectivity index (χ1) is 8.66. The van der Waals surface area contributed by atoms with Gasteiger partial charge in [0.25, 0.3) is 0 Å². The molecule has 18 heavy (non-hydrogen) atoms. The molecule has 0 saturated heterocycles. The Bertz CT molecular complexity index is 577. The standard InChI is InChI=1S/C12H10ClN3OS/c1-16-8-14-15-12(16)18-7-6-11(17)9-2-4-10(13)5-3-9/h2-8H,1H3. The second-order valence-corrected chi connectivity index (χ2v) is 4.83. The Balaban J connectivity index is 1.99. The molecular formula is C12H10ClN3OS. The molecule has 1 heterocycles. The third-order valence-corrected chi connectivity index (χ3v) is 3.30. The van der Waals surface area contributed by atoms with Crippen LogP contribution in [0.4, 0.5) is 0 Å². The third-order valence-electron chi connectivity index (χ3n) is 2.19. The summed E-state index contributed by atoms with van der Waals surface area (Å²) in [7, 11) is 1.84. The van der Waals surface area contributed by atoms with Crippen LogP contribution in [0.5, 0.6) is 0 Å². The molecule has 6 heteroatoms. The molecule has 2 aromatic rings. The molecule has 0 atom stereocenters. The number of benzene rings is 1. The lowest BCUT2D eigenvalue weighted by molar-refractivity contribution is 0.104. The summed E-state index contributed by atoms with van der Waals surface area (Å²) in [5, 5.41) is 10.7. The van der Waals surface area contributed by atoms with Crippen molar-refractivity contribution in [3.05, 3.63) is 52.7 Å². The van der Waals surface area contributed by atoms with E-state index in [1.165, 1.54) is 17.8 Å². The van der Waals surface area contributed by atoms with Crippen LogP contribution < -0.4 is 0 Å². The summed E-state index contributed by atoms with van der Waals surface area (Å²) in [4.78, 5) is 11.8. The van der Waals surface area contributed by atoms with Crippen LogP contribution in [0.1, 0.15) is 10.4 Å². The summed E-state index contributed by atoms with van der Waals surface area (Å²) >= 11 is 7.10. The maximum absolute atomic E-state index is 11.8. The molecular weight excluding hydrogens is 270 g/mol.